The van der Waals surface area contributed by atoms with Crippen molar-refractivity contribution < 1.29 is 14.3 Å². The molecule has 25 heavy (non-hydrogen) atoms. The number of nitrogens with one attached hydrogen (secondary N) is 2. The average Bonchev–Trinajstić information content (AvgIpc) is 2.59. The number of carbonyl (C=O) groups excluding carboxylic acids is 2. The second-order valence-electron chi connectivity index (χ2n) is 6.58. The normalized spacial score (nSPS) is 15.8. The third-order valence-corrected chi connectivity index (χ3v) is 4.21. The highest BCUT2D eigenvalue weighted by Crippen LogP contribution is 2.11. The molecule has 1 atom stereocenters. The summed E-state index contributed by atoms with van der Waals surface area (Å²) in [5.74, 6) is 0.248. The molecule has 2 N–H and O–H groups in total. The van der Waals surface area contributed by atoms with Crippen molar-refractivity contribution in [2.75, 3.05) is 26.3 Å². The van der Waals surface area contributed by atoms with Gasteiger partial charge in [-0.05, 0) is 30.0 Å². The molecule has 6 nitrogen and oxygen atoms in total. The zero-order chi connectivity index (χ0) is 18.2. The molecule has 138 valence electrons. The Morgan fingerprint density at radius 3 is 2.64 bits per heavy atom. The first-order valence-corrected chi connectivity index (χ1v) is 8.99. The molecule has 0 spiro atoms. The maximum Gasteiger partial charge on any atom is 0.315 e. The van der Waals surface area contributed by atoms with Crippen molar-refractivity contribution in [3.05, 3.63) is 34.9 Å². The van der Waals surface area contributed by atoms with Gasteiger partial charge in [-0.2, -0.15) is 0 Å². The van der Waals surface area contributed by atoms with E-state index in [0.29, 0.717) is 50.2 Å². The van der Waals surface area contributed by atoms with Crippen molar-refractivity contribution in [3.63, 3.8) is 0 Å². The predicted octanol–water partition coefficient (Wildman–Crippen LogP) is 2.41. The van der Waals surface area contributed by atoms with Gasteiger partial charge < -0.3 is 20.3 Å². The molecule has 1 heterocycles. The fourth-order valence-corrected chi connectivity index (χ4v) is 2.95. The van der Waals surface area contributed by atoms with E-state index in [-0.39, 0.29) is 11.9 Å². The number of nitrogens with zero attached hydrogens (tertiary/aromatic N) is 1. The molecule has 1 aromatic rings. The number of morpholine rings is 1. The molecule has 1 aliphatic heterocycles. The summed E-state index contributed by atoms with van der Waals surface area (Å²) in [4.78, 5) is 26.7. The molecule has 3 amide bonds. The maximum absolute atomic E-state index is 12.7. The van der Waals surface area contributed by atoms with E-state index in [9.17, 15) is 9.59 Å². The van der Waals surface area contributed by atoms with Crippen LogP contribution in [-0.2, 0) is 16.1 Å². The minimum Gasteiger partial charge on any atom is -0.378 e. The van der Waals surface area contributed by atoms with Gasteiger partial charge in [-0.15, -0.1) is 0 Å². The van der Waals surface area contributed by atoms with Gasteiger partial charge in [0, 0.05) is 24.7 Å². The van der Waals surface area contributed by atoms with Crippen molar-refractivity contribution in [2.24, 2.45) is 5.92 Å². The Kier molecular flexibility index (Phi) is 7.52. The van der Waals surface area contributed by atoms with Crippen LogP contribution in [0.1, 0.15) is 25.8 Å². The molecule has 1 aromatic carbocycles. The molecule has 0 aromatic heterocycles. The quantitative estimate of drug-likeness (QED) is 0.811. The third kappa shape index (κ3) is 6.55. The van der Waals surface area contributed by atoms with Crippen LogP contribution in [0.25, 0.3) is 0 Å². The van der Waals surface area contributed by atoms with Gasteiger partial charge in [-0.25, -0.2) is 4.79 Å². The van der Waals surface area contributed by atoms with Crippen molar-refractivity contribution in [1.82, 2.24) is 15.5 Å². The molecular formula is C18H26ClN3O3. The Hall–Kier alpha value is -1.79. The zero-order valence-corrected chi connectivity index (χ0v) is 15.5. The van der Waals surface area contributed by atoms with Crippen LogP contribution >= 0.6 is 11.6 Å². The van der Waals surface area contributed by atoms with Crippen LogP contribution < -0.4 is 10.6 Å². The van der Waals surface area contributed by atoms with Crippen molar-refractivity contribution >= 4 is 23.5 Å². The van der Waals surface area contributed by atoms with E-state index in [1.54, 1.807) is 17.0 Å². The Morgan fingerprint density at radius 2 is 2.00 bits per heavy atom. The molecule has 0 bridgehead atoms. The van der Waals surface area contributed by atoms with Crippen LogP contribution in [-0.4, -0.2) is 49.2 Å². The summed E-state index contributed by atoms with van der Waals surface area (Å²) in [5.41, 5.74) is 0.905. The van der Waals surface area contributed by atoms with Crippen LogP contribution in [0.2, 0.25) is 5.02 Å². The number of benzene rings is 1. The number of hydrogen-bond acceptors (Lipinski definition) is 3. The number of rotatable bonds is 6. The first-order chi connectivity index (χ1) is 12.0. The first kappa shape index (κ1) is 19.5. The number of ether oxygens (including phenoxy) is 1. The second kappa shape index (κ2) is 9.63. The summed E-state index contributed by atoms with van der Waals surface area (Å²) < 4.78 is 5.28. The standard InChI is InChI=1S/C18H26ClN3O3/c1-13(2)10-16(17(23)22-6-8-25-9-7-22)21-18(24)20-12-14-4-3-5-15(19)11-14/h3-5,11,13,16H,6-10,12H2,1-2H3,(H2,20,21,24)/t16-/m1/s1. The number of carbonyl (C=O) groups is 2. The van der Waals surface area contributed by atoms with E-state index in [0.717, 1.165) is 5.56 Å². The molecule has 1 aliphatic rings. The molecule has 1 fully saturated rings. The topological polar surface area (TPSA) is 70.7 Å². The van der Waals surface area contributed by atoms with Crippen molar-refractivity contribution in [1.29, 1.82) is 0 Å². The van der Waals surface area contributed by atoms with Crippen molar-refractivity contribution in [3.8, 4) is 0 Å². The van der Waals surface area contributed by atoms with E-state index >= 15 is 0 Å². The minimum atomic E-state index is -0.530. The van der Waals surface area contributed by atoms with Crippen LogP contribution in [0.5, 0.6) is 0 Å². The number of halogens is 1. The molecule has 7 heteroatoms. The van der Waals surface area contributed by atoms with E-state index in [2.05, 4.69) is 10.6 Å². The molecule has 0 unspecified atom stereocenters. The van der Waals surface area contributed by atoms with Gasteiger partial charge in [0.25, 0.3) is 0 Å². The van der Waals surface area contributed by atoms with Crippen LogP contribution in [0.15, 0.2) is 24.3 Å². The summed E-state index contributed by atoms with van der Waals surface area (Å²) in [5, 5.41) is 6.22. The molecule has 0 radical (unpaired) electrons. The lowest BCUT2D eigenvalue weighted by molar-refractivity contribution is -0.137. The predicted molar refractivity (Wildman–Crippen MR) is 97.5 cm³/mol. The summed E-state index contributed by atoms with van der Waals surface area (Å²) in [7, 11) is 0. The minimum absolute atomic E-state index is 0.0464. The number of hydrogen-bond donors (Lipinski definition) is 2. The average molecular weight is 368 g/mol. The molecular weight excluding hydrogens is 342 g/mol. The fraction of sp³-hybridized carbons (Fsp3) is 0.556. The van der Waals surface area contributed by atoms with Crippen LogP contribution in [0.4, 0.5) is 4.79 Å². The molecule has 1 saturated heterocycles. The monoisotopic (exact) mass is 367 g/mol. The Balaban J connectivity index is 1.91. The third-order valence-electron chi connectivity index (χ3n) is 3.98. The summed E-state index contributed by atoms with van der Waals surface area (Å²) in [6, 6.07) is 6.42. The lowest BCUT2D eigenvalue weighted by Crippen LogP contribution is -2.53. The summed E-state index contributed by atoms with van der Waals surface area (Å²) >= 11 is 5.94. The fourth-order valence-electron chi connectivity index (χ4n) is 2.74. The van der Waals surface area contributed by atoms with Crippen LogP contribution in [0, 0.1) is 5.92 Å². The Morgan fingerprint density at radius 1 is 1.28 bits per heavy atom. The zero-order valence-electron chi connectivity index (χ0n) is 14.8. The lowest BCUT2D eigenvalue weighted by Gasteiger charge is -2.31. The lowest BCUT2D eigenvalue weighted by atomic mass is 10.0. The smallest absolute Gasteiger partial charge is 0.315 e. The number of urea groups is 1. The van der Waals surface area contributed by atoms with Crippen LogP contribution in [0.3, 0.4) is 0 Å². The molecule has 2 rings (SSSR count). The number of amides is 3. The largest absolute Gasteiger partial charge is 0.378 e. The second-order valence-corrected chi connectivity index (χ2v) is 7.01. The van der Waals surface area contributed by atoms with E-state index in [4.69, 9.17) is 16.3 Å². The highest BCUT2D eigenvalue weighted by atomic mass is 35.5. The highest BCUT2D eigenvalue weighted by Gasteiger charge is 2.27. The molecule has 0 saturated carbocycles. The summed E-state index contributed by atoms with van der Waals surface area (Å²) in [6.45, 7) is 6.64. The maximum atomic E-state index is 12.7. The van der Waals surface area contributed by atoms with Gasteiger partial charge in [0.15, 0.2) is 0 Å². The van der Waals surface area contributed by atoms with Gasteiger partial charge in [0.2, 0.25) is 5.91 Å². The highest BCUT2D eigenvalue weighted by molar-refractivity contribution is 6.30. The Bertz CT molecular complexity index is 589. The van der Waals surface area contributed by atoms with Gasteiger partial charge in [-0.1, -0.05) is 37.6 Å². The van der Waals surface area contributed by atoms with Gasteiger partial charge >= 0.3 is 6.03 Å². The van der Waals surface area contributed by atoms with Crippen molar-refractivity contribution in [2.45, 2.75) is 32.9 Å². The van der Waals surface area contributed by atoms with E-state index in [1.807, 2.05) is 26.0 Å². The van der Waals surface area contributed by atoms with Gasteiger partial charge in [0.05, 0.1) is 13.2 Å². The van der Waals surface area contributed by atoms with E-state index < -0.39 is 6.04 Å². The molecule has 0 aliphatic carbocycles. The van der Waals surface area contributed by atoms with Gasteiger partial charge in [0.1, 0.15) is 6.04 Å². The Labute approximate surface area is 153 Å². The SMILES string of the molecule is CC(C)C[C@@H](NC(=O)NCc1cccc(Cl)c1)C(=O)N1CCOCC1. The van der Waals surface area contributed by atoms with Gasteiger partial charge in [-0.3, -0.25) is 4.79 Å². The summed E-state index contributed by atoms with van der Waals surface area (Å²) in [6.07, 6.45) is 0.598. The van der Waals surface area contributed by atoms with E-state index in [1.165, 1.54) is 0 Å². The first-order valence-electron chi connectivity index (χ1n) is 8.61.